The zero-order valence-corrected chi connectivity index (χ0v) is 26.1. The lowest BCUT2D eigenvalue weighted by Gasteiger charge is -2.20. The van der Waals surface area contributed by atoms with E-state index in [0.29, 0.717) is 0 Å². The molecule has 3 atom stereocenters. The maximum atomic E-state index is 12.9. The van der Waals surface area contributed by atoms with Crippen LogP contribution in [-0.2, 0) is 47.2 Å². The van der Waals surface area contributed by atoms with Crippen molar-refractivity contribution in [1.29, 1.82) is 0 Å². The molecule has 10 heteroatoms. The van der Waals surface area contributed by atoms with E-state index in [1.165, 1.54) is 0 Å². The molecule has 0 spiro atoms. The molecule has 0 N–H and O–H groups in total. The van der Waals surface area contributed by atoms with Crippen LogP contribution >= 0.6 is 46.5 Å². The third-order valence-electron chi connectivity index (χ3n) is 5.96. The van der Waals surface area contributed by atoms with Crippen LogP contribution in [0, 0.1) is 20.8 Å². The largest absolute Gasteiger partial charge is 0.537 e. The van der Waals surface area contributed by atoms with Crippen molar-refractivity contribution in [2.75, 3.05) is 0 Å². The van der Waals surface area contributed by atoms with Crippen molar-refractivity contribution in [2.45, 2.75) is 55.8 Å². The summed E-state index contributed by atoms with van der Waals surface area (Å²) >= 11 is 13.1. The summed E-state index contributed by atoms with van der Waals surface area (Å²) in [4.78, 5) is 38.6. The van der Waals surface area contributed by atoms with Gasteiger partial charge >= 0.3 is 26.5 Å². The van der Waals surface area contributed by atoms with Crippen LogP contribution in [0.1, 0.15) is 33.4 Å². The fraction of sp³-hybridized carbons (Fsp3) is 0.300. The van der Waals surface area contributed by atoms with E-state index in [1.807, 2.05) is 93.6 Å². The highest BCUT2D eigenvalue weighted by Gasteiger charge is 2.34. The van der Waals surface area contributed by atoms with Gasteiger partial charge in [-0.25, -0.2) is 0 Å². The maximum Gasteiger partial charge on any atom is 0.537 e. The number of carbonyl (C=O) groups is 3. The lowest BCUT2D eigenvalue weighted by Crippen LogP contribution is -2.25. The lowest BCUT2D eigenvalue weighted by molar-refractivity contribution is -0.141. The van der Waals surface area contributed by atoms with E-state index in [9.17, 15) is 14.4 Å². The summed E-state index contributed by atoms with van der Waals surface area (Å²) in [5, 5.41) is -2.61. The zero-order chi connectivity index (χ0) is 29.2. The fourth-order valence-electron chi connectivity index (χ4n) is 3.55. The topological polar surface area (TPSA) is 78.9 Å². The van der Waals surface area contributed by atoms with E-state index in [1.54, 1.807) is 0 Å². The Morgan fingerprint density at radius 2 is 0.750 bits per heavy atom. The van der Waals surface area contributed by atoms with Gasteiger partial charge in [0.05, 0.1) is 0 Å². The van der Waals surface area contributed by atoms with Crippen LogP contribution in [0.2, 0.25) is 0 Å². The molecule has 0 saturated carbocycles. The molecule has 0 aliphatic rings. The summed E-state index contributed by atoms with van der Waals surface area (Å²) in [6.07, 6.45) is 0.829. The highest BCUT2D eigenvalue weighted by Crippen LogP contribution is 2.42. The van der Waals surface area contributed by atoms with E-state index in [2.05, 4.69) is 37.9 Å². The molecule has 6 nitrogen and oxygen atoms in total. The van der Waals surface area contributed by atoms with Gasteiger partial charge in [-0.3, -0.25) is 14.4 Å². The Morgan fingerprint density at radius 3 is 0.975 bits per heavy atom. The monoisotopic (exact) mass is 616 g/mol. The predicted molar refractivity (Wildman–Crippen MR) is 168 cm³/mol. The van der Waals surface area contributed by atoms with Gasteiger partial charge < -0.3 is 13.6 Å². The Bertz CT molecular complexity index is 1120. The van der Waals surface area contributed by atoms with Gasteiger partial charge in [0.2, 0.25) is 0 Å². The van der Waals surface area contributed by atoms with Crippen molar-refractivity contribution in [3.63, 3.8) is 0 Å². The number of hydrogen-bond acceptors (Lipinski definition) is 9. The Hall–Kier alpha value is -2.45. The Kier molecular flexibility index (Phi) is 12.4. The van der Waals surface area contributed by atoms with Crippen LogP contribution in [0.25, 0.3) is 0 Å². The van der Waals surface area contributed by atoms with Crippen molar-refractivity contribution in [1.82, 2.24) is 0 Å². The smallest absolute Gasteiger partial charge is 0.374 e. The Labute approximate surface area is 253 Å². The lowest BCUT2D eigenvalue weighted by atomic mass is 10.1. The second-order valence-electron chi connectivity index (χ2n) is 9.57. The number of aryl methyl sites for hydroxylation is 3. The summed E-state index contributed by atoms with van der Waals surface area (Å²) in [5.41, 5.74) is 5.89. The van der Waals surface area contributed by atoms with Crippen LogP contribution in [0.15, 0.2) is 72.8 Å². The van der Waals surface area contributed by atoms with Crippen molar-refractivity contribution in [3.8, 4) is 0 Å². The van der Waals surface area contributed by atoms with Crippen molar-refractivity contribution < 1.29 is 28.0 Å². The van der Waals surface area contributed by atoms with Crippen molar-refractivity contribution >= 4 is 64.4 Å². The molecule has 0 radical (unpaired) electrons. The molecule has 0 aromatic heterocycles. The molecule has 3 aromatic rings. The van der Waals surface area contributed by atoms with E-state index in [-0.39, 0.29) is 19.3 Å². The average Bonchev–Trinajstić information content (AvgIpc) is 2.92. The van der Waals surface area contributed by atoms with Gasteiger partial charge in [0.1, 0.15) is 15.7 Å². The summed E-state index contributed by atoms with van der Waals surface area (Å²) in [6, 6.07) is 22.9. The van der Waals surface area contributed by atoms with Gasteiger partial charge in [-0.15, -0.1) is 0 Å². The van der Waals surface area contributed by atoms with Crippen LogP contribution < -0.4 is 0 Å². The summed E-state index contributed by atoms with van der Waals surface area (Å²) in [7, 11) is -2.71. The van der Waals surface area contributed by atoms with Gasteiger partial charge in [0.15, 0.2) is 0 Å². The molecule has 0 heterocycles. The second kappa shape index (κ2) is 15.5. The van der Waals surface area contributed by atoms with Crippen LogP contribution in [0.5, 0.6) is 0 Å². The van der Waals surface area contributed by atoms with E-state index < -0.39 is 42.3 Å². The first-order valence-corrected chi connectivity index (χ1v) is 15.3. The summed E-state index contributed by atoms with van der Waals surface area (Å²) < 4.78 is 16.1. The van der Waals surface area contributed by atoms with Crippen LogP contribution in [0.3, 0.4) is 0 Å². The number of carbonyl (C=O) groups excluding carboxylic acids is 3. The van der Waals surface area contributed by atoms with E-state index >= 15 is 0 Å². The minimum atomic E-state index is -2.71. The molecule has 40 heavy (non-hydrogen) atoms. The molecule has 0 aliphatic heterocycles. The molecule has 3 aromatic carbocycles. The summed E-state index contributed by atoms with van der Waals surface area (Å²) in [6.45, 7) is 5.90. The predicted octanol–water partition coefficient (Wildman–Crippen LogP) is 6.39. The van der Waals surface area contributed by atoms with Crippen LogP contribution in [0.4, 0.5) is 0 Å². The third-order valence-corrected chi connectivity index (χ3v) is 8.13. The van der Waals surface area contributed by atoms with Gasteiger partial charge in [-0.2, -0.15) is 37.9 Å². The molecule has 0 saturated heterocycles. The van der Waals surface area contributed by atoms with Crippen molar-refractivity contribution in [2.24, 2.45) is 0 Å². The molecular formula is C30H33O6PS3. The normalized spacial score (nSPS) is 13.9. The number of benzene rings is 3. The number of hydrogen-bond donors (Lipinski definition) is 3. The average molecular weight is 617 g/mol. The van der Waals surface area contributed by atoms with Crippen molar-refractivity contribution in [3.05, 3.63) is 106 Å². The molecule has 0 amide bonds. The Morgan fingerprint density at radius 1 is 0.525 bits per heavy atom. The first-order valence-electron chi connectivity index (χ1n) is 12.7. The first-order chi connectivity index (χ1) is 19.0. The maximum absolute atomic E-state index is 12.9. The first kappa shape index (κ1) is 32.1. The standard InChI is InChI=1S/C30H33O6PS3/c1-19-4-10-22(11-5-19)16-25(38)28(31)34-37(35-29(32)26(39)17-23-12-6-20(2)7-13-23)36-30(33)27(40)18-24-14-8-21(3)9-15-24/h4-15,25-27,38-40H,16-18H2,1-3H3. The van der Waals surface area contributed by atoms with Gasteiger partial charge in [-0.1, -0.05) is 89.5 Å². The number of thiol groups is 3. The third kappa shape index (κ3) is 10.5. The Balaban J connectivity index is 1.67. The van der Waals surface area contributed by atoms with Gasteiger partial charge in [0.25, 0.3) is 0 Å². The minimum Gasteiger partial charge on any atom is -0.374 e. The fourth-order valence-corrected chi connectivity index (χ4v) is 5.53. The molecule has 0 fully saturated rings. The van der Waals surface area contributed by atoms with Gasteiger partial charge in [0, 0.05) is 0 Å². The molecule has 3 rings (SSSR count). The van der Waals surface area contributed by atoms with Gasteiger partial charge in [-0.05, 0) is 56.7 Å². The quantitative estimate of drug-likeness (QED) is 0.162. The number of rotatable bonds is 12. The minimum absolute atomic E-state index is 0.276. The van der Waals surface area contributed by atoms with E-state index in [4.69, 9.17) is 13.6 Å². The highest BCUT2D eigenvalue weighted by atomic mass is 32.1. The SMILES string of the molecule is Cc1ccc(CC(S)C(=O)OP(OC(=O)C(S)Cc2ccc(C)cc2)OC(=O)C(S)Cc2ccc(C)cc2)cc1. The van der Waals surface area contributed by atoms with Crippen LogP contribution in [-0.4, -0.2) is 33.7 Å². The van der Waals surface area contributed by atoms with E-state index in [0.717, 1.165) is 33.4 Å². The molecule has 212 valence electrons. The molecule has 3 unspecified atom stereocenters. The molecular weight excluding hydrogens is 583 g/mol. The second-order valence-corrected chi connectivity index (χ2v) is 12.4. The molecule has 0 bridgehead atoms. The molecule has 0 aliphatic carbocycles. The summed E-state index contributed by atoms with van der Waals surface area (Å²) in [5.74, 6) is -2.34. The zero-order valence-electron chi connectivity index (χ0n) is 22.5. The highest BCUT2D eigenvalue weighted by molar-refractivity contribution is 7.82.